The first-order chi connectivity index (χ1) is 12.6. The third-order valence-corrected chi connectivity index (χ3v) is 5.11. The van der Waals surface area contributed by atoms with Crippen LogP contribution in [-0.2, 0) is 17.8 Å². The van der Waals surface area contributed by atoms with Gasteiger partial charge in [-0.25, -0.2) is 4.98 Å². The minimum absolute atomic E-state index is 0.147. The van der Waals surface area contributed by atoms with Crippen molar-refractivity contribution in [3.63, 3.8) is 0 Å². The number of hydrogen-bond donors (Lipinski definition) is 0. The van der Waals surface area contributed by atoms with Gasteiger partial charge in [0.15, 0.2) is 0 Å². The van der Waals surface area contributed by atoms with Gasteiger partial charge in [0.05, 0.1) is 24.0 Å². The van der Waals surface area contributed by atoms with Crippen LogP contribution < -0.4 is 0 Å². The van der Waals surface area contributed by atoms with Crippen LogP contribution in [0.1, 0.15) is 22.7 Å². The molecule has 7 nitrogen and oxygen atoms in total. The highest BCUT2D eigenvalue weighted by Gasteiger charge is 2.23. The van der Waals surface area contributed by atoms with Gasteiger partial charge in [0, 0.05) is 44.5 Å². The van der Waals surface area contributed by atoms with Crippen molar-refractivity contribution in [1.29, 1.82) is 0 Å². The van der Waals surface area contributed by atoms with Gasteiger partial charge in [-0.3, -0.25) is 9.69 Å². The van der Waals surface area contributed by atoms with Crippen LogP contribution >= 0.6 is 0 Å². The predicted molar refractivity (Wildman–Crippen MR) is 96.7 cm³/mol. The summed E-state index contributed by atoms with van der Waals surface area (Å²) in [5.74, 6) is 0.885. The first kappa shape index (κ1) is 16.8. The Bertz CT molecular complexity index is 902. The van der Waals surface area contributed by atoms with E-state index in [-0.39, 0.29) is 5.91 Å². The Morgan fingerprint density at radius 1 is 1.19 bits per heavy atom. The van der Waals surface area contributed by atoms with Gasteiger partial charge in [0.1, 0.15) is 11.4 Å². The summed E-state index contributed by atoms with van der Waals surface area (Å²) >= 11 is 0. The van der Waals surface area contributed by atoms with E-state index in [4.69, 9.17) is 4.52 Å². The SMILES string of the molecule is Cc1noc(C)c1CC(=O)N1CCN(Cc2cnc3ccccn23)CC1. The van der Waals surface area contributed by atoms with Crippen molar-refractivity contribution in [2.24, 2.45) is 0 Å². The number of carbonyl (C=O) groups excluding carboxylic acids is 1. The van der Waals surface area contributed by atoms with Gasteiger partial charge in [-0.1, -0.05) is 11.2 Å². The van der Waals surface area contributed by atoms with Crippen LogP contribution in [0.5, 0.6) is 0 Å². The third kappa shape index (κ3) is 3.22. The number of amides is 1. The van der Waals surface area contributed by atoms with Gasteiger partial charge in [0.2, 0.25) is 5.91 Å². The molecular formula is C19H23N5O2. The second-order valence-corrected chi connectivity index (χ2v) is 6.81. The first-order valence-electron chi connectivity index (χ1n) is 8.94. The van der Waals surface area contributed by atoms with E-state index in [2.05, 4.69) is 19.4 Å². The first-order valence-corrected chi connectivity index (χ1v) is 8.94. The Morgan fingerprint density at radius 3 is 2.73 bits per heavy atom. The van der Waals surface area contributed by atoms with Crippen LogP contribution in [0.25, 0.3) is 5.65 Å². The number of carbonyl (C=O) groups is 1. The molecule has 0 aromatic carbocycles. The van der Waals surface area contributed by atoms with Crippen molar-refractivity contribution in [3.05, 3.63) is 53.3 Å². The van der Waals surface area contributed by atoms with E-state index in [0.717, 1.165) is 55.4 Å². The number of rotatable bonds is 4. The summed E-state index contributed by atoms with van der Waals surface area (Å²) in [5, 5.41) is 3.93. The van der Waals surface area contributed by atoms with E-state index >= 15 is 0 Å². The summed E-state index contributed by atoms with van der Waals surface area (Å²) in [6.07, 6.45) is 4.35. The van der Waals surface area contributed by atoms with E-state index in [1.54, 1.807) is 0 Å². The summed E-state index contributed by atoms with van der Waals surface area (Å²) in [6, 6.07) is 6.02. The highest BCUT2D eigenvalue weighted by Crippen LogP contribution is 2.16. The lowest BCUT2D eigenvalue weighted by Crippen LogP contribution is -2.48. The standard InChI is InChI=1S/C19H23N5O2/c1-14-17(15(2)26-21-14)11-19(25)23-9-7-22(8-10-23)13-16-12-20-18-5-3-4-6-24(16)18/h3-6,12H,7-11,13H2,1-2H3. The molecule has 7 heteroatoms. The Hall–Kier alpha value is -2.67. The number of imidazole rings is 1. The lowest BCUT2D eigenvalue weighted by atomic mass is 10.1. The van der Waals surface area contributed by atoms with Gasteiger partial charge in [-0.2, -0.15) is 0 Å². The monoisotopic (exact) mass is 353 g/mol. The molecule has 0 saturated carbocycles. The Labute approximate surface area is 152 Å². The molecule has 1 aliphatic rings. The van der Waals surface area contributed by atoms with Gasteiger partial charge in [-0.05, 0) is 26.0 Å². The molecule has 1 amide bonds. The minimum atomic E-state index is 0.147. The molecule has 0 spiro atoms. The van der Waals surface area contributed by atoms with Crippen LogP contribution in [0, 0.1) is 13.8 Å². The molecule has 1 aliphatic heterocycles. The third-order valence-electron chi connectivity index (χ3n) is 5.11. The molecule has 1 saturated heterocycles. The number of fused-ring (bicyclic) bond motifs is 1. The molecule has 0 N–H and O–H groups in total. The van der Waals surface area contributed by atoms with Crippen LogP contribution in [0.15, 0.2) is 35.1 Å². The molecule has 0 unspecified atom stereocenters. The summed E-state index contributed by atoms with van der Waals surface area (Å²) in [4.78, 5) is 21.3. The van der Waals surface area contributed by atoms with Gasteiger partial charge in [0.25, 0.3) is 0 Å². The normalized spacial score (nSPS) is 15.7. The molecule has 4 heterocycles. The van der Waals surface area contributed by atoms with Crippen LogP contribution in [-0.4, -0.2) is 56.4 Å². The van der Waals surface area contributed by atoms with Gasteiger partial charge in [-0.15, -0.1) is 0 Å². The zero-order valence-electron chi connectivity index (χ0n) is 15.2. The molecule has 0 aliphatic carbocycles. The predicted octanol–water partition coefficient (Wildman–Crippen LogP) is 1.83. The zero-order chi connectivity index (χ0) is 18.1. The maximum atomic E-state index is 12.6. The van der Waals surface area contributed by atoms with Crippen molar-refractivity contribution in [3.8, 4) is 0 Å². The number of nitrogens with zero attached hydrogens (tertiary/aromatic N) is 5. The quantitative estimate of drug-likeness (QED) is 0.716. The molecule has 136 valence electrons. The summed E-state index contributed by atoms with van der Waals surface area (Å²) in [6.45, 7) is 7.82. The molecule has 3 aromatic rings. The maximum Gasteiger partial charge on any atom is 0.227 e. The smallest absolute Gasteiger partial charge is 0.227 e. The Balaban J connectivity index is 1.34. The van der Waals surface area contributed by atoms with Crippen molar-refractivity contribution in [1.82, 2.24) is 24.3 Å². The second kappa shape index (κ2) is 6.92. The number of pyridine rings is 1. The molecule has 0 bridgehead atoms. The van der Waals surface area contributed by atoms with Crippen LogP contribution in [0.2, 0.25) is 0 Å². The fourth-order valence-corrected chi connectivity index (χ4v) is 3.50. The number of aryl methyl sites for hydroxylation is 2. The van der Waals surface area contributed by atoms with E-state index < -0.39 is 0 Å². The second-order valence-electron chi connectivity index (χ2n) is 6.81. The van der Waals surface area contributed by atoms with Crippen molar-refractivity contribution >= 4 is 11.6 Å². The summed E-state index contributed by atoms with van der Waals surface area (Å²) in [7, 11) is 0. The van der Waals surface area contributed by atoms with E-state index in [9.17, 15) is 4.79 Å². The number of aromatic nitrogens is 3. The summed E-state index contributed by atoms with van der Waals surface area (Å²) < 4.78 is 7.28. The fraction of sp³-hybridized carbons (Fsp3) is 0.421. The van der Waals surface area contributed by atoms with Crippen LogP contribution in [0.4, 0.5) is 0 Å². The van der Waals surface area contributed by atoms with Gasteiger partial charge < -0.3 is 13.8 Å². The van der Waals surface area contributed by atoms with Crippen molar-refractivity contribution in [2.45, 2.75) is 26.8 Å². The van der Waals surface area contributed by atoms with Crippen LogP contribution in [0.3, 0.4) is 0 Å². The molecule has 4 rings (SSSR count). The lowest BCUT2D eigenvalue weighted by molar-refractivity contribution is -0.132. The molecule has 26 heavy (non-hydrogen) atoms. The highest BCUT2D eigenvalue weighted by atomic mass is 16.5. The Kier molecular flexibility index (Phi) is 4.46. The van der Waals surface area contributed by atoms with E-state index in [1.807, 2.05) is 49.3 Å². The minimum Gasteiger partial charge on any atom is -0.361 e. The maximum absolute atomic E-state index is 12.6. The highest BCUT2D eigenvalue weighted by molar-refractivity contribution is 5.79. The topological polar surface area (TPSA) is 66.9 Å². The van der Waals surface area contributed by atoms with Crippen molar-refractivity contribution in [2.75, 3.05) is 26.2 Å². The lowest BCUT2D eigenvalue weighted by Gasteiger charge is -2.34. The largest absolute Gasteiger partial charge is 0.361 e. The molecule has 0 radical (unpaired) electrons. The fourth-order valence-electron chi connectivity index (χ4n) is 3.50. The van der Waals surface area contributed by atoms with Crippen molar-refractivity contribution < 1.29 is 9.32 Å². The number of hydrogen-bond acceptors (Lipinski definition) is 5. The summed E-state index contributed by atoms with van der Waals surface area (Å²) in [5.41, 5.74) is 3.87. The molecule has 1 fully saturated rings. The molecular weight excluding hydrogens is 330 g/mol. The Morgan fingerprint density at radius 2 is 2.00 bits per heavy atom. The zero-order valence-corrected chi connectivity index (χ0v) is 15.2. The van der Waals surface area contributed by atoms with E-state index in [1.165, 1.54) is 5.69 Å². The molecule has 3 aromatic heterocycles. The van der Waals surface area contributed by atoms with E-state index in [0.29, 0.717) is 6.42 Å². The average molecular weight is 353 g/mol. The molecule has 0 atom stereocenters. The van der Waals surface area contributed by atoms with Gasteiger partial charge >= 0.3 is 0 Å². The average Bonchev–Trinajstić information content (AvgIpc) is 3.21. The number of piperazine rings is 1.